The zero-order valence-corrected chi connectivity index (χ0v) is 16.6. The smallest absolute Gasteiger partial charge is 0.309 e. The second kappa shape index (κ2) is 9.71. The molecule has 1 atom stereocenters. The molecule has 0 unspecified atom stereocenters. The lowest BCUT2D eigenvalue weighted by molar-refractivity contribution is -0.139. The highest BCUT2D eigenvalue weighted by atomic mass is 16.5. The van der Waals surface area contributed by atoms with Gasteiger partial charge in [0.15, 0.2) is 0 Å². The minimum atomic E-state index is -0.632. The Hall–Kier alpha value is -2.38. The van der Waals surface area contributed by atoms with E-state index >= 15 is 0 Å². The van der Waals surface area contributed by atoms with Gasteiger partial charge in [-0.3, -0.25) is 14.5 Å². The molecule has 7 heteroatoms. The molecular formula is C21H30N4O3. The number of fused-ring (bicyclic) bond motifs is 1. The lowest BCUT2D eigenvalue weighted by Gasteiger charge is -2.36. The van der Waals surface area contributed by atoms with Gasteiger partial charge in [0.25, 0.3) is 0 Å². The van der Waals surface area contributed by atoms with E-state index in [1.54, 1.807) is 6.08 Å². The molecule has 0 saturated carbocycles. The van der Waals surface area contributed by atoms with Crippen molar-refractivity contribution >= 4 is 17.5 Å². The number of benzene rings is 1. The minimum absolute atomic E-state index is 0.0117. The largest absolute Gasteiger partial charge is 0.379 e. The van der Waals surface area contributed by atoms with Crippen molar-refractivity contribution in [3.63, 3.8) is 0 Å². The molecule has 2 aliphatic rings. The molecule has 2 aliphatic heterocycles. The maximum atomic E-state index is 12.1. The summed E-state index contributed by atoms with van der Waals surface area (Å²) >= 11 is 0. The van der Waals surface area contributed by atoms with E-state index in [0.29, 0.717) is 19.8 Å². The van der Waals surface area contributed by atoms with E-state index in [1.165, 1.54) is 16.8 Å². The Labute approximate surface area is 166 Å². The lowest BCUT2D eigenvalue weighted by Crippen LogP contribution is -2.46. The molecule has 0 spiro atoms. The highest BCUT2D eigenvalue weighted by Crippen LogP contribution is 2.30. The fourth-order valence-corrected chi connectivity index (χ4v) is 3.87. The Morgan fingerprint density at radius 3 is 2.71 bits per heavy atom. The molecule has 0 radical (unpaired) electrons. The van der Waals surface area contributed by atoms with Gasteiger partial charge in [-0.05, 0) is 30.0 Å². The first-order valence-corrected chi connectivity index (χ1v) is 9.93. The van der Waals surface area contributed by atoms with Crippen molar-refractivity contribution < 1.29 is 14.3 Å². The number of nitrogens with zero attached hydrogens (tertiary/aromatic N) is 2. The van der Waals surface area contributed by atoms with E-state index in [-0.39, 0.29) is 12.6 Å². The van der Waals surface area contributed by atoms with Gasteiger partial charge in [-0.1, -0.05) is 18.2 Å². The average Bonchev–Trinajstić information content (AvgIpc) is 2.73. The predicted molar refractivity (Wildman–Crippen MR) is 109 cm³/mol. The molecule has 7 nitrogen and oxygen atoms in total. The zero-order chi connectivity index (χ0) is 19.9. The van der Waals surface area contributed by atoms with Crippen LogP contribution in [0.5, 0.6) is 0 Å². The predicted octanol–water partition coefficient (Wildman–Crippen LogP) is 0.861. The third-order valence-electron chi connectivity index (χ3n) is 5.39. The fraction of sp³-hybridized carbons (Fsp3) is 0.524. The van der Waals surface area contributed by atoms with Crippen LogP contribution in [0, 0.1) is 0 Å². The van der Waals surface area contributed by atoms with Crippen LogP contribution < -0.4 is 15.5 Å². The molecule has 1 aromatic rings. The molecule has 3 rings (SSSR count). The van der Waals surface area contributed by atoms with E-state index in [1.807, 2.05) is 0 Å². The summed E-state index contributed by atoms with van der Waals surface area (Å²) in [6.07, 6.45) is 3.76. The molecule has 0 bridgehead atoms. The Bertz CT molecular complexity index is 716. The van der Waals surface area contributed by atoms with Crippen LogP contribution in [-0.2, 0) is 20.7 Å². The zero-order valence-electron chi connectivity index (χ0n) is 16.6. The van der Waals surface area contributed by atoms with Gasteiger partial charge in [0.2, 0.25) is 0 Å². The monoisotopic (exact) mass is 386 g/mol. The van der Waals surface area contributed by atoms with Crippen LogP contribution in [0.3, 0.4) is 0 Å². The summed E-state index contributed by atoms with van der Waals surface area (Å²) in [6.45, 7) is 8.25. The van der Waals surface area contributed by atoms with Crippen molar-refractivity contribution in [1.82, 2.24) is 15.5 Å². The third kappa shape index (κ3) is 4.91. The second-order valence-corrected chi connectivity index (χ2v) is 7.29. The van der Waals surface area contributed by atoms with E-state index in [2.05, 4.69) is 52.3 Å². The van der Waals surface area contributed by atoms with Crippen molar-refractivity contribution in [3.8, 4) is 0 Å². The van der Waals surface area contributed by atoms with Gasteiger partial charge in [-0.15, -0.1) is 6.58 Å². The van der Waals surface area contributed by atoms with Gasteiger partial charge < -0.3 is 20.3 Å². The van der Waals surface area contributed by atoms with Crippen molar-refractivity contribution in [2.45, 2.75) is 18.9 Å². The van der Waals surface area contributed by atoms with Gasteiger partial charge in [-0.25, -0.2) is 0 Å². The summed E-state index contributed by atoms with van der Waals surface area (Å²) in [4.78, 5) is 28.6. The number of nitrogens with one attached hydrogen (secondary N) is 2. The van der Waals surface area contributed by atoms with E-state index < -0.39 is 11.8 Å². The molecule has 0 aliphatic carbocycles. The van der Waals surface area contributed by atoms with Gasteiger partial charge in [-0.2, -0.15) is 0 Å². The summed E-state index contributed by atoms with van der Waals surface area (Å²) in [7, 11) is 2.12. The number of rotatable bonds is 6. The first kappa shape index (κ1) is 20.4. The maximum absolute atomic E-state index is 12.1. The normalized spacial score (nSPS) is 18.1. The molecule has 1 aromatic carbocycles. The summed E-state index contributed by atoms with van der Waals surface area (Å²) in [5.41, 5.74) is 3.80. The maximum Gasteiger partial charge on any atom is 0.309 e. The number of carbonyl (C=O) groups excluding carboxylic acids is 2. The molecule has 1 saturated heterocycles. The number of anilines is 1. The van der Waals surface area contributed by atoms with Gasteiger partial charge in [0.05, 0.1) is 19.3 Å². The van der Waals surface area contributed by atoms with Crippen LogP contribution in [0.15, 0.2) is 30.9 Å². The van der Waals surface area contributed by atoms with Crippen LogP contribution >= 0.6 is 0 Å². The molecular weight excluding hydrogens is 356 g/mol. The summed E-state index contributed by atoms with van der Waals surface area (Å²) in [5.74, 6) is -1.24. The molecule has 1 fully saturated rings. The van der Waals surface area contributed by atoms with Gasteiger partial charge >= 0.3 is 11.8 Å². The van der Waals surface area contributed by atoms with E-state index in [4.69, 9.17) is 4.74 Å². The van der Waals surface area contributed by atoms with Crippen molar-refractivity contribution in [2.75, 3.05) is 57.9 Å². The van der Waals surface area contributed by atoms with Crippen LogP contribution in [0.2, 0.25) is 0 Å². The Balaban J connectivity index is 1.75. The average molecular weight is 386 g/mol. The molecule has 0 aromatic heterocycles. The van der Waals surface area contributed by atoms with Crippen LogP contribution in [0.25, 0.3) is 0 Å². The number of aryl methyl sites for hydroxylation is 1. The Kier molecular flexibility index (Phi) is 7.06. The molecule has 152 valence electrons. The number of carbonyl (C=O) groups is 2. The lowest BCUT2D eigenvalue weighted by atomic mass is 9.95. The Morgan fingerprint density at radius 1 is 1.21 bits per heavy atom. The highest BCUT2D eigenvalue weighted by Gasteiger charge is 2.26. The Morgan fingerprint density at radius 2 is 1.96 bits per heavy atom. The van der Waals surface area contributed by atoms with Crippen molar-refractivity contribution in [1.29, 1.82) is 0 Å². The first-order valence-electron chi connectivity index (χ1n) is 9.93. The van der Waals surface area contributed by atoms with Crippen molar-refractivity contribution in [3.05, 3.63) is 42.0 Å². The van der Waals surface area contributed by atoms with Crippen LogP contribution in [-0.4, -0.2) is 69.7 Å². The number of amides is 2. The number of ether oxygens (including phenoxy) is 1. The van der Waals surface area contributed by atoms with Crippen LogP contribution in [0.4, 0.5) is 5.69 Å². The third-order valence-corrected chi connectivity index (χ3v) is 5.39. The second-order valence-electron chi connectivity index (χ2n) is 7.29. The molecule has 2 heterocycles. The number of morpholine rings is 1. The SMILES string of the molecule is C=CCNC(=O)C(=O)NC[C@H](c1ccc2c(c1)CCCN2C)N1CCOCC1. The summed E-state index contributed by atoms with van der Waals surface area (Å²) in [6, 6.07) is 6.59. The topological polar surface area (TPSA) is 73.9 Å². The fourth-order valence-electron chi connectivity index (χ4n) is 3.87. The quantitative estimate of drug-likeness (QED) is 0.560. The van der Waals surface area contributed by atoms with Crippen LogP contribution in [0.1, 0.15) is 23.6 Å². The first-order chi connectivity index (χ1) is 13.6. The van der Waals surface area contributed by atoms with Gasteiger partial charge in [0, 0.05) is 45.5 Å². The number of hydrogen-bond acceptors (Lipinski definition) is 5. The molecule has 2 N–H and O–H groups in total. The van der Waals surface area contributed by atoms with Crippen molar-refractivity contribution in [2.24, 2.45) is 0 Å². The van der Waals surface area contributed by atoms with Gasteiger partial charge in [0.1, 0.15) is 0 Å². The summed E-state index contributed by atoms with van der Waals surface area (Å²) in [5, 5.41) is 5.31. The highest BCUT2D eigenvalue weighted by molar-refractivity contribution is 6.35. The number of hydrogen-bond donors (Lipinski definition) is 2. The van der Waals surface area contributed by atoms with E-state index in [0.717, 1.165) is 32.5 Å². The molecule has 2 amide bonds. The van der Waals surface area contributed by atoms with E-state index in [9.17, 15) is 9.59 Å². The minimum Gasteiger partial charge on any atom is -0.379 e. The molecule has 28 heavy (non-hydrogen) atoms. The summed E-state index contributed by atoms with van der Waals surface area (Å²) < 4.78 is 5.49. The standard InChI is InChI=1S/C21H30N4O3/c1-3-8-22-20(26)21(27)23-15-19(25-10-12-28-13-11-25)17-6-7-18-16(14-17)5-4-9-24(18)2/h3,6-7,14,19H,1,4-5,8-13,15H2,2H3,(H,22,26)(H,23,27)/t19-/m1/s1.